The molecule has 3 N–H and O–H groups in total. The Kier molecular flexibility index (Phi) is 6.99. The molecule has 1 atom stereocenters. The van der Waals surface area contributed by atoms with Gasteiger partial charge in [0.15, 0.2) is 0 Å². The summed E-state index contributed by atoms with van der Waals surface area (Å²) in [6.07, 6.45) is 2.34. The number of rotatable bonds is 7. The molecular formula is C11H21NO3. The summed E-state index contributed by atoms with van der Waals surface area (Å²) in [5.74, 6) is -0.462. The van der Waals surface area contributed by atoms with Gasteiger partial charge in [0, 0.05) is 24.8 Å². The summed E-state index contributed by atoms with van der Waals surface area (Å²) < 4.78 is 0. The Morgan fingerprint density at radius 1 is 1.47 bits per heavy atom. The molecule has 0 heterocycles. The molecule has 0 fully saturated rings. The maximum Gasteiger partial charge on any atom is 0.330 e. The summed E-state index contributed by atoms with van der Waals surface area (Å²) in [4.78, 5) is 10.5. The van der Waals surface area contributed by atoms with Gasteiger partial charge in [0.25, 0.3) is 0 Å². The third kappa shape index (κ3) is 6.25. The molecule has 0 spiro atoms. The molecule has 0 aliphatic carbocycles. The Morgan fingerprint density at radius 3 is 2.47 bits per heavy atom. The van der Waals surface area contributed by atoms with E-state index in [9.17, 15) is 4.79 Å². The maximum atomic E-state index is 10.5. The highest BCUT2D eigenvalue weighted by molar-refractivity contribution is 5.85. The number of aliphatic hydroxyl groups excluding tert-OH is 1. The van der Waals surface area contributed by atoms with Crippen LogP contribution in [-0.4, -0.2) is 35.4 Å². The monoisotopic (exact) mass is 215 g/mol. The van der Waals surface area contributed by atoms with Crippen LogP contribution in [0.15, 0.2) is 11.6 Å². The van der Waals surface area contributed by atoms with Crippen molar-refractivity contribution in [2.24, 2.45) is 5.92 Å². The first kappa shape index (κ1) is 14.1. The Morgan fingerprint density at radius 2 is 2.07 bits per heavy atom. The standard InChI is InChI=1S/C11H21NO3/c1-8(2)10(5-7-13)12-6-4-9(3)11(14)15/h4,8,10,12-13H,5-7H2,1-3H3,(H,14,15)/b9-4-. The van der Waals surface area contributed by atoms with Crippen molar-refractivity contribution in [3.05, 3.63) is 11.6 Å². The fourth-order valence-electron chi connectivity index (χ4n) is 1.26. The van der Waals surface area contributed by atoms with E-state index in [4.69, 9.17) is 10.2 Å². The first-order valence-electron chi connectivity index (χ1n) is 5.23. The lowest BCUT2D eigenvalue weighted by atomic mass is 10.0. The van der Waals surface area contributed by atoms with E-state index in [1.54, 1.807) is 13.0 Å². The summed E-state index contributed by atoms with van der Waals surface area (Å²) in [6.45, 7) is 6.39. The average Bonchev–Trinajstić information content (AvgIpc) is 2.15. The fraction of sp³-hybridized carbons (Fsp3) is 0.727. The van der Waals surface area contributed by atoms with E-state index in [0.29, 0.717) is 24.5 Å². The molecule has 0 aromatic heterocycles. The summed E-state index contributed by atoms with van der Waals surface area (Å²) in [5, 5.41) is 20.7. The van der Waals surface area contributed by atoms with E-state index in [1.807, 2.05) is 0 Å². The second-order valence-corrected chi connectivity index (χ2v) is 3.96. The quantitative estimate of drug-likeness (QED) is 0.554. The van der Waals surface area contributed by atoms with Crippen molar-refractivity contribution < 1.29 is 15.0 Å². The predicted octanol–water partition coefficient (Wildman–Crippen LogP) is 1.01. The Bertz CT molecular complexity index is 224. The van der Waals surface area contributed by atoms with Crippen LogP contribution in [-0.2, 0) is 4.79 Å². The molecule has 1 unspecified atom stereocenters. The number of hydrogen-bond donors (Lipinski definition) is 3. The highest BCUT2D eigenvalue weighted by Gasteiger charge is 2.10. The number of carboxylic acid groups (broad SMARTS) is 1. The van der Waals surface area contributed by atoms with Crippen LogP contribution in [0.3, 0.4) is 0 Å². The zero-order valence-corrected chi connectivity index (χ0v) is 9.66. The largest absolute Gasteiger partial charge is 0.478 e. The molecule has 88 valence electrons. The van der Waals surface area contributed by atoms with Crippen molar-refractivity contribution in [3.8, 4) is 0 Å². The van der Waals surface area contributed by atoms with Gasteiger partial charge in [-0.05, 0) is 19.3 Å². The van der Waals surface area contributed by atoms with Gasteiger partial charge in [0.05, 0.1) is 0 Å². The van der Waals surface area contributed by atoms with Crippen LogP contribution in [0.2, 0.25) is 0 Å². The molecule has 0 aliphatic heterocycles. The summed E-state index contributed by atoms with van der Waals surface area (Å²) in [7, 11) is 0. The van der Waals surface area contributed by atoms with Gasteiger partial charge >= 0.3 is 5.97 Å². The van der Waals surface area contributed by atoms with Gasteiger partial charge in [-0.2, -0.15) is 0 Å². The number of aliphatic hydroxyl groups is 1. The van der Waals surface area contributed by atoms with Gasteiger partial charge < -0.3 is 15.5 Å². The fourth-order valence-corrected chi connectivity index (χ4v) is 1.26. The highest BCUT2D eigenvalue weighted by atomic mass is 16.4. The number of carbonyl (C=O) groups is 1. The van der Waals surface area contributed by atoms with Gasteiger partial charge in [-0.3, -0.25) is 0 Å². The van der Waals surface area contributed by atoms with Gasteiger partial charge in [0.2, 0.25) is 0 Å². The summed E-state index contributed by atoms with van der Waals surface area (Å²) in [6, 6.07) is 0.229. The topological polar surface area (TPSA) is 69.6 Å². The van der Waals surface area contributed by atoms with Gasteiger partial charge in [0.1, 0.15) is 0 Å². The lowest BCUT2D eigenvalue weighted by molar-refractivity contribution is -0.132. The van der Waals surface area contributed by atoms with Crippen LogP contribution < -0.4 is 5.32 Å². The molecule has 4 nitrogen and oxygen atoms in total. The zero-order chi connectivity index (χ0) is 11.8. The lowest BCUT2D eigenvalue weighted by Crippen LogP contribution is -2.34. The second-order valence-electron chi connectivity index (χ2n) is 3.96. The van der Waals surface area contributed by atoms with E-state index in [2.05, 4.69) is 19.2 Å². The van der Waals surface area contributed by atoms with Crippen molar-refractivity contribution >= 4 is 5.97 Å². The van der Waals surface area contributed by atoms with E-state index in [-0.39, 0.29) is 12.6 Å². The third-order valence-corrected chi connectivity index (χ3v) is 2.37. The molecule has 0 saturated heterocycles. The first-order valence-corrected chi connectivity index (χ1v) is 5.23. The average molecular weight is 215 g/mol. The number of nitrogens with one attached hydrogen (secondary N) is 1. The summed E-state index contributed by atoms with van der Waals surface area (Å²) >= 11 is 0. The molecule has 0 radical (unpaired) electrons. The van der Waals surface area contributed by atoms with Crippen LogP contribution in [0, 0.1) is 5.92 Å². The minimum atomic E-state index is -0.889. The molecular weight excluding hydrogens is 194 g/mol. The van der Waals surface area contributed by atoms with E-state index in [1.165, 1.54) is 0 Å². The summed E-state index contributed by atoms with van der Waals surface area (Å²) in [5.41, 5.74) is 0.342. The third-order valence-electron chi connectivity index (χ3n) is 2.37. The van der Waals surface area contributed by atoms with Crippen molar-refractivity contribution in [2.75, 3.05) is 13.2 Å². The molecule has 15 heavy (non-hydrogen) atoms. The normalized spacial score (nSPS) is 14.3. The zero-order valence-electron chi connectivity index (χ0n) is 9.66. The minimum Gasteiger partial charge on any atom is -0.478 e. The van der Waals surface area contributed by atoms with Gasteiger partial charge in [-0.25, -0.2) is 4.79 Å². The van der Waals surface area contributed by atoms with Crippen molar-refractivity contribution in [1.82, 2.24) is 5.32 Å². The van der Waals surface area contributed by atoms with E-state index >= 15 is 0 Å². The predicted molar refractivity (Wildman–Crippen MR) is 59.7 cm³/mol. The molecule has 0 aliphatic rings. The SMILES string of the molecule is C/C(=C/CNC(CCO)C(C)C)C(=O)O. The second kappa shape index (κ2) is 7.43. The Balaban J connectivity index is 4.00. The van der Waals surface area contributed by atoms with E-state index in [0.717, 1.165) is 0 Å². The molecule has 0 aromatic rings. The molecule has 0 bridgehead atoms. The van der Waals surface area contributed by atoms with Crippen LogP contribution in [0.1, 0.15) is 27.2 Å². The van der Waals surface area contributed by atoms with Crippen molar-refractivity contribution in [1.29, 1.82) is 0 Å². The first-order chi connectivity index (χ1) is 6.99. The number of aliphatic carboxylic acids is 1. The smallest absolute Gasteiger partial charge is 0.330 e. The van der Waals surface area contributed by atoms with Crippen LogP contribution in [0.4, 0.5) is 0 Å². The molecule has 0 aromatic carbocycles. The number of carboxylic acids is 1. The highest BCUT2D eigenvalue weighted by Crippen LogP contribution is 2.05. The Labute approximate surface area is 91.0 Å². The van der Waals surface area contributed by atoms with Gasteiger partial charge in [-0.15, -0.1) is 0 Å². The van der Waals surface area contributed by atoms with Crippen LogP contribution in [0.5, 0.6) is 0 Å². The van der Waals surface area contributed by atoms with Crippen LogP contribution >= 0.6 is 0 Å². The molecule has 4 heteroatoms. The van der Waals surface area contributed by atoms with Crippen molar-refractivity contribution in [2.45, 2.75) is 33.2 Å². The van der Waals surface area contributed by atoms with E-state index < -0.39 is 5.97 Å². The maximum absolute atomic E-state index is 10.5. The Hall–Kier alpha value is -0.870. The molecule has 0 rings (SSSR count). The van der Waals surface area contributed by atoms with Crippen molar-refractivity contribution in [3.63, 3.8) is 0 Å². The van der Waals surface area contributed by atoms with Gasteiger partial charge in [-0.1, -0.05) is 19.9 Å². The minimum absolute atomic E-state index is 0.150. The lowest BCUT2D eigenvalue weighted by Gasteiger charge is -2.20. The number of hydrogen-bond acceptors (Lipinski definition) is 3. The molecule has 0 saturated carbocycles. The van der Waals surface area contributed by atoms with Crippen LogP contribution in [0.25, 0.3) is 0 Å². The molecule has 0 amide bonds.